The molecule has 0 aromatic rings. The molecule has 0 N–H and O–H groups in total. The van der Waals surface area contributed by atoms with Crippen LogP contribution in [0.2, 0.25) is 0 Å². The van der Waals surface area contributed by atoms with Gasteiger partial charge < -0.3 is 0 Å². The number of hydrogen-bond acceptors (Lipinski definition) is 3. The standard InChI is InChI=1S/C26H54O3S/c1-5-8-11-14-17-20-23-26(30(27,28)29-4,24-21-18-15-12-9-6-2)25-22-19-16-13-10-7-3/h5-25H2,1-4H3. The lowest BCUT2D eigenvalue weighted by atomic mass is 9.88. The molecule has 30 heavy (non-hydrogen) atoms. The summed E-state index contributed by atoms with van der Waals surface area (Å²) in [5.74, 6) is 0. The lowest BCUT2D eigenvalue weighted by Gasteiger charge is -2.33. The van der Waals surface area contributed by atoms with Crippen LogP contribution in [0.1, 0.15) is 156 Å². The van der Waals surface area contributed by atoms with Crippen molar-refractivity contribution in [2.75, 3.05) is 7.11 Å². The molecular formula is C26H54O3S. The summed E-state index contributed by atoms with van der Waals surface area (Å²) in [6.45, 7) is 6.70. The predicted molar refractivity (Wildman–Crippen MR) is 133 cm³/mol. The van der Waals surface area contributed by atoms with Crippen molar-refractivity contribution in [2.45, 2.75) is 160 Å². The Kier molecular flexibility index (Phi) is 19.5. The number of hydrogen-bond donors (Lipinski definition) is 0. The SMILES string of the molecule is CCCCCCCCC(CCCCCCCC)(CCCCCCCC)S(=O)(=O)OC. The van der Waals surface area contributed by atoms with Crippen LogP contribution in [0, 0.1) is 0 Å². The van der Waals surface area contributed by atoms with Gasteiger partial charge in [0.05, 0.1) is 11.9 Å². The maximum absolute atomic E-state index is 13.1. The van der Waals surface area contributed by atoms with Crippen LogP contribution in [0.15, 0.2) is 0 Å². The van der Waals surface area contributed by atoms with E-state index in [4.69, 9.17) is 4.18 Å². The van der Waals surface area contributed by atoms with Crippen LogP contribution in [-0.4, -0.2) is 20.3 Å². The molecule has 3 nitrogen and oxygen atoms in total. The fraction of sp³-hybridized carbons (Fsp3) is 1.00. The highest BCUT2D eigenvalue weighted by atomic mass is 32.2. The van der Waals surface area contributed by atoms with Gasteiger partial charge in [0.25, 0.3) is 10.1 Å². The minimum absolute atomic E-state index is 0.665. The van der Waals surface area contributed by atoms with Crippen molar-refractivity contribution in [2.24, 2.45) is 0 Å². The van der Waals surface area contributed by atoms with Crippen LogP contribution < -0.4 is 0 Å². The minimum Gasteiger partial charge on any atom is -0.273 e. The molecule has 0 unspecified atom stereocenters. The number of rotatable bonds is 23. The molecular weight excluding hydrogens is 392 g/mol. The number of unbranched alkanes of at least 4 members (excludes halogenated alkanes) is 15. The molecule has 0 radical (unpaired) electrons. The van der Waals surface area contributed by atoms with Gasteiger partial charge in [-0.2, -0.15) is 8.42 Å². The maximum Gasteiger partial charge on any atom is 0.272 e. The second-order valence-corrected chi connectivity index (χ2v) is 11.5. The van der Waals surface area contributed by atoms with E-state index >= 15 is 0 Å². The summed E-state index contributed by atoms with van der Waals surface area (Å²) in [5, 5.41) is 0. The van der Waals surface area contributed by atoms with E-state index in [9.17, 15) is 8.42 Å². The van der Waals surface area contributed by atoms with Gasteiger partial charge in [-0.25, -0.2) is 0 Å². The molecule has 0 atom stereocenters. The molecule has 0 aliphatic heterocycles. The zero-order valence-electron chi connectivity index (χ0n) is 21.0. The summed E-state index contributed by atoms with van der Waals surface area (Å²) >= 11 is 0. The quantitative estimate of drug-likeness (QED) is 0.116. The summed E-state index contributed by atoms with van der Waals surface area (Å²) in [7, 11) is -2.15. The third kappa shape index (κ3) is 13.3. The van der Waals surface area contributed by atoms with E-state index in [0.29, 0.717) is 0 Å². The normalized spacial score (nSPS) is 12.5. The third-order valence-electron chi connectivity index (χ3n) is 6.71. The van der Waals surface area contributed by atoms with E-state index in [1.807, 2.05) is 0 Å². The van der Waals surface area contributed by atoms with E-state index in [0.717, 1.165) is 57.8 Å². The highest BCUT2D eigenvalue weighted by Gasteiger charge is 2.42. The Morgan fingerprint density at radius 3 is 1.03 bits per heavy atom. The maximum atomic E-state index is 13.1. The largest absolute Gasteiger partial charge is 0.273 e. The van der Waals surface area contributed by atoms with Gasteiger partial charge >= 0.3 is 0 Å². The third-order valence-corrected chi connectivity index (χ3v) is 8.82. The van der Waals surface area contributed by atoms with Gasteiger partial charge in [0.2, 0.25) is 0 Å². The molecule has 0 aliphatic rings. The average Bonchev–Trinajstić information content (AvgIpc) is 2.74. The molecule has 0 aromatic carbocycles. The van der Waals surface area contributed by atoms with Crippen molar-refractivity contribution < 1.29 is 12.6 Å². The monoisotopic (exact) mass is 446 g/mol. The molecule has 0 fully saturated rings. The van der Waals surface area contributed by atoms with Crippen LogP contribution in [0.3, 0.4) is 0 Å². The summed E-state index contributed by atoms with van der Waals surface area (Å²) < 4.78 is 30.7. The molecule has 0 spiro atoms. The van der Waals surface area contributed by atoms with Gasteiger partial charge in [-0.1, -0.05) is 136 Å². The molecule has 0 saturated heterocycles. The summed E-state index contributed by atoms with van der Waals surface area (Å²) in [6.07, 6.45) is 23.9. The van der Waals surface area contributed by atoms with Crippen LogP contribution >= 0.6 is 0 Å². The van der Waals surface area contributed by atoms with Crippen molar-refractivity contribution in [3.05, 3.63) is 0 Å². The van der Waals surface area contributed by atoms with E-state index < -0.39 is 14.9 Å². The van der Waals surface area contributed by atoms with Gasteiger partial charge in [0, 0.05) is 0 Å². The van der Waals surface area contributed by atoms with E-state index in [1.165, 1.54) is 84.2 Å². The fourth-order valence-electron chi connectivity index (χ4n) is 4.61. The Morgan fingerprint density at radius 1 is 0.500 bits per heavy atom. The van der Waals surface area contributed by atoms with Crippen LogP contribution in [0.4, 0.5) is 0 Å². The Labute approximate surface area is 190 Å². The first-order chi connectivity index (χ1) is 14.5. The zero-order chi connectivity index (χ0) is 22.6. The Morgan fingerprint density at radius 2 is 0.767 bits per heavy atom. The van der Waals surface area contributed by atoms with Gasteiger partial charge in [-0.15, -0.1) is 0 Å². The molecule has 0 aromatic heterocycles. The van der Waals surface area contributed by atoms with Gasteiger partial charge in [0.15, 0.2) is 0 Å². The highest BCUT2D eigenvalue weighted by Crippen LogP contribution is 2.37. The molecule has 0 saturated carbocycles. The van der Waals surface area contributed by atoms with Crippen molar-refractivity contribution in [1.82, 2.24) is 0 Å². The first kappa shape index (κ1) is 29.9. The Balaban J connectivity index is 4.90. The second-order valence-electron chi connectivity index (χ2n) is 9.36. The molecule has 182 valence electrons. The van der Waals surface area contributed by atoms with E-state index in [2.05, 4.69) is 20.8 Å². The lowest BCUT2D eigenvalue weighted by molar-refractivity contribution is 0.315. The molecule has 0 amide bonds. The van der Waals surface area contributed by atoms with Crippen LogP contribution in [-0.2, 0) is 14.3 Å². The summed E-state index contributed by atoms with van der Waals surface area (Å²) in [4.78, 5) is 0. The predicted octanol–water partition coefficient (Wildman–Crippen LogP) is 8.95. The molecule has 0 rings (SSSR count). The van der Waals surface area contributed by atoms with E-state index in [-0.39, 0.29) is 0 Å². The lowest BCUT2D eigenvalue weighted by Crippen LogP contribution is -2.39. The smallest absolute Gasteiger partial charge is 0.272 e. The van der Waals surface area contributed by atoms with Gasteiger partial charge in [-0.3, -0.25) is 4.18 Å². The fourth-order valence-corrected chi connectivity index (χ4v) is 6.15. The molecule has 0 heterocycles. The molecule has 0 aliphatic carbocycles. The minimum atomic E-state index is -3.51. The molecule has 0 bridgehead atoms. The average molecular weight is 447 g/mol. The summed E-state index contributed by atoms with van der Waals surface area (Å²) in [5.41, 5.74) is 0. The topological polar surface area (TPSA) is 43.4 Å². The zero-order valence-corrected chi connectivity index (χ0v) is 21.8. The Bertz CT molecular complexity index is 418. The second kappa shape index (κ2) is 19.6. The van der Waals surface area contributed by atoms with Gasteiger partial charge in [-0.05, 0) is 19.3 Å². The van der Waals surface area contributed by atoms with Crippen LogP contribution in [0.25, 0.3) is 0 Å². The molecule has 4 heteroatoms. The summed E-state index contributed by atoms with van der Waals surface area (Å²) in [6, 6.07) is 0. The first-order valence-corrected chi connectivity index (χ1v) is 14.7. The van der Waals surface area contributed by atoms with Crippen LogP contribution in [0.5, 0.6) is 0 Å². The van der Waals surface area contributed by atoms with Crippen molar-refractivity contribution in [1.29, 1.82) is 0 Å². The van der Waals surface area contributed by atoms with Crippen molar-refractivity contribution in [3.8, 4) is 0 Å². The van der Waals surface area contributed by atoms with Crippen molar-refractivity contribution in [3.63, 3.8) is 0 Å². The highest BCUT2D eigenvalue weighted by molar-refractivity contribution is 7.88. The Hall–Kier alpha value is -0.0900. The van der Waals surface area contributed by atoms with E-state index in [1.54, 1.807) is 0 Å². The van der Waals surface area contributed by atoms with Gasteiger partial charge in [0.1, 0.15) is 0 Å². The first-order valence-electron chi connectivity index (χ1n) is 13.3. The van der Waals surface area contributed by atoms with Crippen molar-refractivity contribution >= 4 is 10.1 Å².